The maximum absolute atomic E-state index is 8.55. The molecule has 0 bridgehead atoms. The van der Waals surface area contributed by atoms with E-state index in [9.17, 15) is 0 Å². The van der Waals surface area contributed by atoms with Crippen molar-refractivity contribution in [2.75, 3.05) is 0 Å². The summed E-state index contributed by atoms with van der Waals surface area (Å²) in [6, 6.07) is 0. The molecule has 0 aromatic rings. The van der Waals surface area contributed by atoms with Crippen LogP contribution in [0.4, 0.5) is 4.79 Å². The molecule has 11 heavy (non-hydrogen) atoms. The molecule has 0 saturated carbocycles. The molecule has 0 spiro atoms. The van der Waals surface area contributed by atoms with Gasteiger partial charge in [-0.25, -0.2) is 0 Å². The first-order valence-corrected chi connectivity index (χ1v) is 2.82. The second-order valence-corrected chi connectivity index (χ2v) is 1.61. The molecule has 0 radical (unpaired) electrons. The fourth-order valence-electron chi connectivity index (χ4n) is 0. The van der Waals surface area contributed by atoms with Gasteiger partial charge in [-0.1, -0.05) is 0 Å². The SMILES string of the molecule is O=C([O-])O.O=P([O-])([O-])[O-].[Mg+2].[Mg+2]. The molecule has 0 aromatic heterocycles. The first kappa shape index (κ1) is 22.7. The molecule has 0 atom stereocenters. The van der Waals surface area contributed by atoms with E-state index < -0.39 is 14.0 Å². The summed E-state index contributed by atoms with van der Waals surface area (Å²) in [6.07, 6.45) is -2.08. The Labute approximate surface area is 94.0 Å². The molecular formula is CHMg2O7P. The summed E-state index contributed by atoms with van der Waals surface area (Å²) < 4.78 is 8.55. The molecule has 0 aliphatic carbocycles. The Kier molecular flexibility index (Phi) is 22.5. The van der Waals surface area contributed by atoms with Crippen LogP contribution in [0.5, 0.6) is 0 Å². The van der Waals surface area contributed by atoms with Crippen molar-refractivity contribution in [2.24, 2.45) is 0 Å². The quantitative estimate of drug-likeness (QED) is 0.308. The predicted molar refractivity (Wildman–Crippen MR) is 27.1 cm³/mol. The van der Waals surface area contributed by atoms with E-state index in [-0.39, 0.29) is 46.1 Å². The van der Waals surface area contributed by atoms with Crippen molar-refractivity contribution in [3.05, 3.63) is 0 Å². The van der Waals surface area contributed by atoms with Gasteiger partial charge in [0.05, 0.1) is 0 Å². The summed E-state index contributed by atoms with van der Waals surface area (Å²) >= 11 is 0. The smallest absolute Gasteiger partial charge is 0.822 e. The van der Waals surface area contributed by atoms with Crippen LogP contribution >= 0.6 is 7.82 Å². The topological polar surface area (TPSA) is 147 Å². The summed E-state index contributed by atoms with van der Waals surface area (Å²) in [4.78, 5) is 34.1. The van der Waals surface area contributed by atoms with Gasteiger partial charge in [0.1, 0.15) is 0 Å². The van der Waals surface area contributed by atoms with Crippen LogP contribution in [-0.2, 0) is 4.57 Å². The van der Waals surface area contributed by atoms with E-state index >= 15 is 0 Å². The summed E-state index contributed by atoms with van der Waals surface area (Å²) in [5.41, 5.74) is 0. The standard InChI is InChI=1S/CH2O3.2Mg.H3O4P/c2-1(3)4;;;1-5(2,3)4/h(H2,2,3,4);;;(H3,1,2,3,4)/q;2*+2;/p-4. The van der Waals surface area contributed by atoms with E-state index in [2.05, 4.69) is 0 Å². The van der Waals surface area contributed by atoms with Crippen molar-refractivity contribution in [3.8, 4) is 0 Å². The van der Waals surface area contributed by atoms with Crippen molar-refractivity contribution in [3.63, 3.8) is 0 Å². The molecule has 10 heteroatoms. The minimum absolute atomic E-state index is 0. The van der Waals surface area contributed by atoms with E-state index in [1.807, 2.05) is 0 Å². The van der Waals surface area contributed by atoms with Gasteiger partial charge in [-0.3, -0.25) is 0 Å². The van der Waals surface area contributed by atoms with Gasteiger partial charge in [-0.2, -0.15) is 7.82 Å². The van der Waals surface area contributed by atoms with Gasteiger partial charge < -0.3 is 34.3 Å². The average molecular weight is 205 g/mol. The normalized spacial score (nSPS) is 7.55. The van der Waals surface area contributed by atoms with Crippen LogP contribution in [0.15, 0.2) is 0 Å². The number of rotatable bonds is 0. The zero-order chi connectivity index (χ0) is 8.08. The van der Waals surface area contributed by atoms with E-state index in [0.717, 1.165) is 0 Å². The molecule has 0 aliphatic heterocycles. The molecule has 0 heterocycles. The number of carbonyl (C=O) groups is 1. The van der Waals surface area contributed by atoms with Crippen molar-refractivity contribution < 1.29 is 34.3 Å². The first-order valence-electron chi connectivity index (χ1n) is 1.36. The second-order valence-electron chi connectivity index (χ2n) is 0.713. The molecular weight excluding hydrogens is 204 g/mol. The molecule has 0 unspecified atom stereocenters. The molecule has 0 amide bonds. The van der Waals surface area contributed by atoms with E-state index in [0.29, 0.717) is 0 Å². The zero-order valence-corrected chi connectivity index (χ0v) is 8.98. The molecule has 0 aromatic carbocycles. The van der Waals surface area contributed by atoms with Crippen molar-refractivity contribution in [2.45, 2.75) is 0 Å². The third-order valence-corrected chi connectivity index (χ3v) is 0. The van der Waals surface area contributed by atoms with Gasteiger partial charge in [0.2, 0.25) is 6.16 Å². The van der Waals surface area contributed by atoms with Crippen LogP contribution in [0, 0.1) is 0 Å². The van der Waals surface area contributed by atoms with Gasteiger partial charge >= 0.3 is 46.1 Å². The molecule has 0 fully saturated rings. The third kappa shape index (κ3) is 1040. The molecule has 56 valence electrons. The predicted octanol–water partition coefficient (Wildman–Crippen LogP) is -4.70. The van der Waals surface area contributed by atoms with Crippen LogP contribution in [0.1, 0.15) is 0 Å². The van der Waals surface area contributed by atoms with Crippen LogP contribution in [-0.4, -0.2) is 57.4 Å². The first-order chi connectivity index (χ1) is 3.73. The zero-order valence-electron chi connectivity index (χ0n) is 5.26. The maximum Gasteiger partial charge on any atom is 2.00 e. The van der Waals surface area contributed by atoms with Gasteiger partial charge in [-0.05, 0) is 0 Å². The van der Waals surface area contributed by atoms with Crippen LogP contribution in [0.2, 0.25) is 0 Å². The van der Waals surface area contributed by atoms with E-state index in [1.54, 1.807) is 0 Å². The Hall–Kier alpha value is 0.912. The molecule has 0 rings (SSSR count). The van der Waals surface area contributed by atoms with Crippen LogP contribution in [0.25, 0.3) is 0 Å². The number of phosphoric acid groups is 1. The molecule has 0 aliphatic rings. The minimum atomic E-state index is -5.39. The summed E-state index contributed by atoms with van der Waals surface area (Å²) in [5.74, 6) is 0. The van der Waals surface area contributed by atoms with Gasteiger partial charge in [0, 0.05) is 0 Å². The average Bonchev–Trinajstić information content (AvgIpc) is 1.19. The monoisotopic (exact) mass is 204 g/mol. The Bertz CT molecular complexity index is 116. The fraction of sp³-hybridized carbons (Fsp3) is 0. The third-order valence-electron chi connectivity index (χ3n) is 0. The summed E-state index contributed by atoms with van der Waals surface area (Å²) in [5, 5.41) is 15.3. The Balaban J connectivity index is -0.0000000383. The van der Waals surface area contributed by atoms with Crippen LogP contribution in [0.3, 0.4) is 0 Å². The van der Waals surface area contributed by atoms with Gasteiger partial charge in [0.15, 0.2) is 0 Å². The Morgan fingerprint density at radius 1 is 1.18 bits per heavy atom. The fourth-order valence-corrected chi connectivity index (χ4v) is 0. The van der Waals surface area contributed by atoms with Crippen molar-refractivity contribution in [1.29, 1.82) is 0 Å². The van der Waals surface area contributed by atoms with E-state index in [4.69, 9.17) is 34.3 Å². The Morgan fingerprint density at radius 2 is 1.18 bits per heavy atom. The van der Waals surface area contributed by atoms with E-state index in [1.165, 1.54) is 0 Å². The number of hydrogen-bond acceptors (Lipinski definition) is 6. The van der Waals surface area contributed by atoms with Gasteiger partial charge in [0.25, 0.3) is 0 Å². The number of carboxylic acid groups (broad SMARTS) is 2. The summed E-state index contributed by atoms with van der Waals surface area (Å²) in [7, 11) is -5.39. The summed E-state index contributed by atoms with van der Waals surface area (Å²) in [6.45, 7) is 0. The Morgan fingerprint density at radius 3 is 1.18 bits per heavy atom. The maximum atomic E-state index is 8.55. The number of hydrogen-bond donors (Lipinski definition) is 1. The van der Waals surface area contributed by atoms with Gasteiger partial charge in [-0.15, -0.1) is 0 Å². The second kappa shape index (κ2) is 10.9. The molecule has 1 N–H and O–H groups in total. The minimum Gasteiger partial charge on any atom is -0.822 e. The molecule has 7 nitrogen and oxygen atoms in total. The van der Waals surface area contributed by atoms with Crippen molar-refractivity contribution >= 4 is 60.1 Å². The van der Waals surface area contributed by atoms with Crippen molar-refractivity contribution in [1.82, 2.24) is 0 Å². The van der Waals surface area contributed by atoms with Crippen LogP contribution < -0.4 is 19.8 Å². The molecule has 0 saturated heterocycles. The largest absolute Gasteiger partial charge is 2.00 e.